The van der Waals surface area contributed by atoms with Crippen LogP contribution in [0.1, 0.15) is 17.0 Å². The lowest BCUT2D eigenvalue weighted by Crippen LogP contribution is -2.38. The Morgan fingerprint density at radius 2 is 1.90 bits per heavy atom. The Bertz CT molecular complexity index is 1160. The summed E-state index contributed by atoms with van der Waals surface area (Å²) in [7, 11) is 0. The first-order chi connectivity index (χ1) is 15.2. The zero-order chi connectivity index (χ0) is 21.2. The van der Waals surface area contributed by atoms with Crippen molar-refractivity contribution in [2.45, 2.75) is 24.8 Å². The number of benzene rings is 1. The van der Waals surface area contributed by atoms with Gasteiger partial charge in [-0.25, -0.2) is 4.98 Å². The fourth-order valence-electron chi connectivity index (χ4n) is 3.55. The van der Waals surface area contributed by atoms with Crippen molar-refractivity contribution in [1.82, 2.24) is 19.7 Å². The summed E-state index contributed by atoms with van der Waals surface area (Å²) in [5.74, 6) is 3.04. The van der Waals surface area contributed by atoms with Gasteiger partial charge < -0.3 is 14.1 Å². The number of aryl methyl sites for hydroxylation is 2. The predicted octanol–water partition coefficient (Wildman–Crippen LogP) is 4.73. The summed E-state index contributed by atoms with van der Waals surface area (Å²) >= 11 is 3.25. The van der Waals surface area contributed by atoms with E-state index < -0.39 is 0 Å². The topological polar surface area (TPSA) is 69.2 Å². The number of aromatic nitrogens is 4. The third-order valence-electron chi connectivity index (χ3n) is 5.23. The SMILES string of the molecule is Cc1ccccc1-n1c(SCc2nc(-c3cccs3)oc2C)nnc1N1CCOCC1. The average Bonchev–Trinajstić information content (AvgIpc) is 3.53. The maximum absolute atomic E-state index is 5.90. The minimum Gasteiger partial charge on any atom is -0.440 e. The molecule has 1 aliphatic heterocycles. The fourth-order valence-corrected chi connectivity index (χ4v) is 5.14. The molecule has 1 fully saturated rings. The maximum Gasteiger partial charge on any atom is 0.236 e. The van der Waals surface area contributed by atoms with E-state index in [1.54, 1.807) is 23.1 Å². The number of thiophene rings is 1. The molecule has 7 nitrogen and oxygen atoms in total. The molecular formula is C22H23N5O2S2. The molecule has 0 aliphatic carbocycles. The van der Waals surface area contributed by atoms with E-state index in [2.05, 4.69) is 50.9 Å². The molecular weight excluding hydrogens is 430 g/mol. The Labute approximate surface area is 189 Å². The Morgan fingerprint density at radius 1 is 1.06 bits per heavy atom. The smallest absolute Gasteiger partial charge is 0.236 e. The van der Waals surface area contributed by atoms with Crippen LogP contribution >= 0.6 is 23.1 Å². The Balaban J connectivity index is 1.45. The number of ether oxygens (including phenoxy) is 1. The number of hydrogen-bond donors (Lipinski definition) is 0. The molecule has 160 valence electrons. The maximum atomic E-state index is 5.90. The van der Waals surface area contributed by atoms with E-state index in [4.69, 9.17) is 14.1 Å². The summed E-state index contributed by atoms with van der Waals surface area (Å²) in [6.07, 6.45) is 0. The van der Waals surface area contributed by atoms with Crippen molar-refractivity contribution in [2.75, 3.05) is 31.2 Å². The van der Waals surface area contributed by atoms with Crippen LogP contribution in [0.2, 0.25) is 0 Å². The Kier molecular flexibility index (Phi) is 5.80. The highest BCUT2D eigenvalue weighted by molar-refractivity contribution is 7.98. The first kappa shape index (κ1) is 20.3. The van der Waals surface area contributed by atoms with Crippen molar-refractivity contribution in [1.29, 1.82) is 0 Å². The van der Waals surface area contributed by atoms with Gasteiger partial charge in [0, 0.05) is 18.8 Å². The molecule has 4 aromatic rings. The van der Waals surface area contributed by atoms with Gasteiger partial charge in [-0.1, -0.05) is 36.0 Å². The van der Waals surface area contributed by atoms with Gasteiger partial charge in [0.05, 0.1) is 29.5 Å². The van der Waals surface area contributed by atoms with Crippen molar-refractivity contribution in [2.24, 2.45) is 0 Å². The molecule has 0 amide bonds. The fraction of sp³-hybridized carbons (Fsp3) is 0.318. The number of hydrogen-bond acceptors (Lipinski definition) is 8. The van der Waals surface area contributed by atoms with Gasteiger partial charge in [0.15, 0.2) is 5.16 Å². The molecule has 4 heterocycles. The molecule has 0 atom stereocenters. The number of anilines is 1. The summed E-state index contributed by atoms with van der Waals surface area (Å²) in [6.45, 7) is 7.09. The molecule has 1 aromatic carbocycles. The molecule has 9 heteroatoms. The van der Waals surface area contributed by atoms with E-state index in [-0.39, 0.29) is 0 Å². The average molecular weight is 454 g/mol. The number of thioether (sulfide) groups is 1. The lowest BCUT2D eigenvalue weighted by molar-refractivity contribution is 0.122. The molecule has 0 radical (unpaired) electrons. The monoisotopic (exact) mass is 453 g/mol. The van der Waals surface area contributed by atoms with Crippen molar-refractivity contribution >= 4 is 29.0 Å². The van der Waals surface area contributed by atoms with E-state index >= 15 is 0 Å². The number of rotatable bonds is 6. The van der Waals surface area contributed by atoms with Crippen LogP contribution in [0.25, 0.3) is 16.5 Å². The van der Waals surface area contributed by atoms with Crippen molar-refractivity contribution in [3.05, 3.63) is 58.8 Å². The van der Waals surface area contributed by atoms with E-state index in [1.807, 2.05) is 24.4 Å². The lowest BCUT2D eigenvalue weighted by atomic mass is 10.2. The first-order valence-electron chi connectivity index (χ1n) is 10.2. The Morgan fingerprint density at radius 3 is 2.68 bits per heavy atom. The van der Waals surface area contributed by atoms with Crippen LogP contribution < -0.4 is 4.90 Å². The predicted molar refractivity (Wildman–Crippen MR) is 123 cm³/mol. The summed E-state index contributed by atoms with van der Waals surface area (Å²) in [5, 5.41) is 12.0. The van der Waals surface area contributed by atoms with Crippen LogP contribution in [0.4, 0.5) is 5.95 Å². The normalized spacial score (nSPS) is 14.3. The highest BCUT2D eigenvalue weighted by atomic mass is 32.2. The third-order valence-corrected chi connectivity index (χ3v) is 7.03. The van der Waals surface area contributed by atoms with Crippen LogP contribution in [0.5, 0.6) is 0 Å². The molecule has 1 saturated heterocycles. The van der Waals surface area contributed by atoms with Gasteiger partial charge in [0.2, 0.25) is 11.8 Å². The molecule has 5 rings (SSSR count). The lowest BCUT2D eigenvalue weighted by Gasteiger charge is -2.28. The van der Waals surface area contributed by atoms with Gasteiger partial charge >= 0.3 is 0 Å². The third kappa shape index (κ3) is 4.13. The molecule has 3 aromatic heterocycles. The number of oxazole rings is 1. The summed E-state index contributed by atoms with van der Waals surface area (Å²) < 4.78 is 13.6. The minimum atomic E-state index is 0.661. The van der Waals surface area contributed by atoms with Crippen LogP contribution in [-0.4, -0.2) is 46.1 Å². The largest absolute Gasteiger partial charge is 0.440 e. The number of para-hydroxylation sites is 1. The standard InChI is InChI=1S/C22H23N5O2S2/c1-15-6-3-4-7-18(15)27-21(26-9-11-28-12-10-26)24-25-22(27)31-14-17-16(2)29-20(23-17)19-8-5-13-30-19/h3-8,13H,9-12,14H2,1-2H3. The van der Waals surface area contributed by atoms with Gasteiger partial charge in [-0.05, 0) is 36.9 Å². The second kappa shape index (κ2) is 8.86. The molecule has 31 heavy (non-hydrogen) atoms. The molecule has 1 aliphatic rings. The van der Waals surface area contributed by atoms with Crippen molar-refractivity contribution in [3.63, 3.8) is 0 Å². The first-order valence-corrected chi connectivity index (χ1v) is 12.0. The summed E-state index contributed by atoms with van der Waals surface area (Å²) in [6, 6.07) is 12.4. The van der Waals surface area contributed by atoms with Crippen LogP contribution in [0, 0.1) is 13.8 Å². The van der Waals surface area contributed by atoms with Crippen LogP contribution in [0.3, 0.4) is 0 Å². The van der Waals surface area contributed by atoms with Gasteiger partial charge in [-0.15, -0.1) is 21.5 Å². The van der Waals surface area contributed by atoms with Crippen LogP contribution in [-0.2, 0) is 10.5 Å². The van der Waals surface area contributed by atoms with E-state index in [0.717, 1.165) is 46.2 Å². The van der Waals surface area contributed by atoms with Crippen LogP contribution in [0.15, 0.2) is 51.4 Å². The van der Waals surface area contributed by atoms with Gasteiger partial charge in [-0.2, -0.15) is 0 Å². The van der Waals surface area contributed by atoms with Crippen molar-refractivity contribution < 1.29 is 9.15 Å². The van der Waals surface area contributed by atoms with Crippen molar-refractivity contribution in [3.8, 4) is 16.5 Å². The summed E-state index contributed by atoms with van der Waals surface area (Å²) in [5.41, 5.74) is 3.20. The molecule has 0 spiro atoms. The van der Waals surface area contributed by atoms with Gasteiger partial charge in [-0.3, -0.25) is 4.57 Å². The zero-order valence-corrected chi connectivity index (χ0v) is 19.1. The highest BCUT2D eigenvalue weighted by Crippen LogP contribution is 2.32. The second-order valence-corrected chi connectivity index (χ2v) is 9.18. The van der Waals surface area contributed by atoms with E-state index in [9.17, 15) is 0 Å². The summed E-state index contributed by atoms with van der Waals surface area (Å²) in [4.78, 5) is 8.00. The van der Waals surface area contributed by atoms with E-state index in [0.29, 0.717) is 24.9 Å². The number of morpholine rings is 1. The minimum absolute atomic E-state index is 0.661. The Hall–Kier alpha value is -2.62. The molecule has 0 saturated carbocycles. The highest BCUT2D eigenvalue weighted by Gasteiger charge is 2.23. The number of nitrogens with zero attached hydrogens (tertiary/aromatic N) is 5. The second-order valence-electron chi connectivity index (χ2n) is 7.29. The molecule has 0 bridgehead atoms. The van der Waals surface area contributed by atoms with Gasteiger partial charge in [0.1, 0.15) is 5.76 Å². The molecule has 0 N–H and O–H groups in total. The van der Waals surface area contributed by atoms with E-state index in [1.165, 1.54) is 5.56 Å². The quantitative estimate of drug-likeness (QED) is 0.391. The molecule has 0 unspecified atom stereocenters. The zero-order valence-electron chi connectivity index (χ0n) is 17.4. The van der Waals surface area contributed by atoms with Gasteiger partial charge in [0.25, 0.3) is 0 Å².